The molecule has 1 N–H and O–H groups in total. The zero-order valence-corrected chi connectivity index (χ0v) is 12.8. The van der Waals surface area contributed by atoms with E-state index in [1.54, 1.807) is 6.20 Å². The summed E-state index contributed by atoms with van der Waals surface area (Å²) in [6.07, 6.45) is 1.80. The standard InChI is InChI=1S/C15H19N3O2S/c1-12-9-16-17-14(12)10-18-7-8-21(19,20)11-15(18)13-5-3-2-4-6-13/h2-6,9,15H,7-8,10-11H2,1H3,(H,16,17). The fourth-order valence-electron chi connectivity index (χ4n) is 2.75. The van der Waals surface area contributed by atoms with Gasteiger partial charge in [0.25, 0.3) is 0 Å². The Morgan fingerprint density at radius 1 is 1.33 bits per heavy atom. The van der Waals surface area contributed by atoms with Gasteiger partial charge in [-0.2, -0.15) is 5.10 Å². The number of benzene rings is 1. The zero-order valence-electron chi connectivity index (χ0n) is 12.0. The van der Waals surface area contributed by atoms with Crippen molar-refractivity contribution in [2.24, 2.45) is 0 Å². The highest BCUT2D eigenvalue weighted by Gasteiger charge is 2.32. The van der Waals surface area contributed by atoms with Crippen LogP contribution in [-0.4, -0.2) is 41.6 Å². The summed E-state index contributed by atoms with van der Waals surface area (Å²) in [6.45, 7) is 3.26. The topological polar surface area (TPSA) is 66.1 Å². The highest BCUT2D eigenvalue weighted by Crippen LogP contribution is 2.28. The third-order valence-electron chi connectivity index (χ3n) is 4.02. The van der Waals surface area contributed by atoms with Gasteiger partial charge in [0.15, 0.2) is 9.84 Å². The molecule has 1 aliphatic heterocycles. The second-order valence-electron chi connectivity index (χ2n) is 5.54. The van der Waals surface area contributed by atoms with Gasteiger partial charge in [0, 0.05) is 19.1 Å². The van der Waals surface area contributed by atoms with Crippen LogP contribution in [0, 0.1) is 6.92 Å². The van der Waals surface area contributed by atoms with Crippen molar-refractivity contribution in [3.8, 4) is 0 Å². The molecule has 0 aliphatic carbocycles. The van der Waals surface area contributed by atoms with Crippen LogP contribution in [0.25, 0.3) is 0 Å². The first kappa shape index (κ1) is 14.3. The minimum Gasteiger partial charge on any atom is -0.289 e. The number of aromatic amines is 1. The summed E-state index contributed by atoms with van der Waals surface area (Å²) < 4.78 is 24.0. The molecule has 1 saturated heterocycles. The lowest BCUT2D eigenvalue weighted by Crippen LogP contribution is -2.42. The van der Waals surface area contributed by atoms with Gasteiger partial charge in [-0.25, -0.2) is 8.42 Å². The number of sulfone groups is 1. The maximum absolute atomic E-state index is 12.0. The average molecular weight is 305 g/mol. The maximum atomic E-state index is 12.0. The fourth-order valence-corrected chi connectivity index (χ4v) is 4.31. The van der Waals surface area contributed by atoms with Crippen LogP contribution in [0.4, 0.5) is 0 Å². The lowest BCUT2D eigenvalue weighted by molar-refractivity contribution is 0.203. The molecule has 2 aromatic rings. The lowest BCUT2D eigenvalue weighted by atomic mass is 10.1. The molecule has 0 spiro atoms. The van der Waals surface area contributed by atoms with Gasteiger partial charge in [-0.15, -0.1) is 0 Å². The third kappa shape index (κ3) is 3.16. The largest absolute Gasteiger partial charge is 0.289 e. The number of hydrogen-bond donors (Lipinski definition) is 1. The number of H-pyrrole nitrogens is 1. The highest BCUT2D eigenvalue weighted by atomic mass is 32.2. The van der Waals surface area contributed by atoms with Gasteiger partial charge < -0.3 is 0 Å². The van der Waals surface area contributed by atoms with Crippen LogP contribution < -0.4 is 0 Å². The van der Waals surface area contributed by atoms with E-state index in [1.165, 1.54) is 0 Å². The second kappa shape index (κ2) is 5.61. The molecular weight excluding hydrogens is 286 g/mol. The quantitative estimate of drug-likeness (QED) is 0.937. The van der Waals surface area contributed by atoms with Gasteiger partial charge in [0.1, 0.15) is 0 Å². The SMILES string of the molecule is Cc1cn[nH]c1CN1CCS(=O)(=O)CC1c1ccccc1. The smallest absolute Gasteiger partial charge is 0.153 e. The number of aromatic nitrogens is 2. The van der Waals surface area contributed by atoms with Crippen LogP contribution in [-0.2, 0) is 16.4 Å². The summed E-state index contributed by atoms with van der Waals surface area (Å²) >= 11 is 0. The van der Waals surface area contributed by atoms with Crippen molar-refractivity contribution in [1.82, 2.24) is 15.1 Å². The van der Waals surface area contributed by atoms with Gasteiger partial charge in [-0.1, -0.05) is 30.3 Å². The monoisotopic (exact) mass is 305 g/mol. The highest BCUT2D eigenvalue weighted by molar-refractivity contribution is 7.91. The minimum atomic E-state index is -2.97. The van der Waals surface area contributed by atoms with E-state index in [0.29, 0.717) is 13.1 Å². The van der Waals surface area contributed by atoms with E-state index in [4.69, 9.17) is 0 Å². The second-order valence-corrected chi connectivity index (χ2v) is 7.77. The summed E-state index contributed by atoms with van der Waals surface area (Å²) in [6, 6.07) is 9.76. The Bertz CT molecular complexity index is 710. The molecule has 0 saturated carbocycles. The van der Waals surface area contributed by atoms with Crippen molar-refractivity contribution in [2.45, 2.75) is 19.5 Å². The number of nitrogens with zero attached hydrogens (tertiary/aromatic N) is 2. The van der Waals surface area contributed by atoms with Gasteiger partial charge in [-0.3, -0.25) is 10.00 Å². The van der Waals surface area contributed by atoms with Crippen molar-refractivity contribution < 1.29 is 8.42 Å². The van der Waals surface area contributed by atoms with Crippen molar-refractivity contribution in [1.29, 1.82) is 0 Å². The van der Waals surface area contributed by atoms with Gasteiger partial charge in [0.2, 0.25) is 0 Å². The van der Waals surface area contributed by atoms with Crippen molar-refractivity contribution in [3.63, 3.8) is 0 Å². The molecule has 1 atom stereocenters. The Labute approximate surface area is 124 Å². The molecule has 6 heteroatoms. The van der Waals surface area contributed by atoms with E-state index in [2.05, 4.69) is 15.1 Å². The first-order valence-electron chi connectivity index (χ1n) is 7.03. The van der Waals surface area contributed by atoms with E-state index >= 15 is 0 Å². The first-order valence-corrected chi connectivity index (χ1v) is 8.85. The number of aryl methyl sites for hydroxylation is 1. The third-order valence-corrected chi connectivity index (χ3v) is 5.65. The summed E-state index contributed by atoms with van der Waals surface area (Å²) in [4.78, 5) is 2.22. The van der Waals surface area contributed by atoms with Gasteiger partial charge >= 0.3 is 0 Å². The molecular formula is C15H19N3O2S. The normalized spacial score (nSPS) is 22.2. The van der Waals surface area contributed by atoms with E-state index < -0.39 is 9.84 Å². The van der Waals surface area contributed by atoms with E-state index in [1.807, 2.05) is 37.3 Å². The molecule has 0 amide bonds. The Balaban J connectivity index is 1.89. The van der Waals surface area contributed by atoms with Gasteiger partial charge in [0.05, 0.1) is 23.4 Å². The number of hydrogen-bond acceptors (Lipinski definition) is 4. The molecule has 0 bridgehead atoms. The molecule has 1 aromatic carbocycles. The summed E-state index contributed by atoms with van der Waals surface area (Å²) in [5, 5.41) is 7.05. The first-order chi connectivity index (χ1) is 10.1. The number of nitrogens with one attached hydrogen (secondary N) is 1. The molecule has 1 fully saturated rings. The molecule has 112 valence electrons. The molecule has 0 radical (unpaired) electrons. The molecule has 21 heavy (non-hydrogen) atoms. The summed E-state index contributed by atoms with van der Waals surface area (Å²) in [5.41, 5.74) is 3.21. The summed E-state index contributed by atoms with van der Waals surface area (Å²) in [7, 11) is -2.97. The molecule has 5 nitrogen and oxygen atoms in total. The Kier molecular flexibility index (Phi) is 3.82. The van der Waals surface area contributed by atoms with Crippen molar-refractivity contribution >= 4 is 9.84 Å². The Morgan fingerprint density at radius 3 is 2.76 bits per heavy atom. The predicted octanol–water partition coefficient (Wildman–Crippen LogP) is 1.69. The molecule has 2 heterocycles. The maximum Gasteiger partial charge on any atom is 0.153 e. The van der Waals surface area contributed by atoms with Crippen LogP contribution in [0.5, 0.6) is 0 Å². The van der Waals surface area contributed by atoms with E-state index in [9.17, 15) is 8.42 Å². The van der Waals surface area contributed by atoms with Crippen molar-refractivity contribution in [3.05, 3.63) is 53.3 Å². The average Bonchev–Trinajstić information content (AvgIpc) is 2.87. The molecule has 3 rings (SSSR count). The summed E-state index contributed by atoms with van der Waals surface area (Å²) in [5.74, 6) is 0.410. The minimum absolute atomic E-state index is 0.0901. The molecule has 1 aliphatic rings. The van der Waals surface area contributed by atoms with Crippen LogP contribution in [0.1, 0.15) is 22.9 Å². The van der Waals surface area contributed by atoms with Gasteiger partial charge in [-0.05, 0) is 18.1 Å². The Morgan fingerprint density at radius 2 is 2.10 bits per heavy atom. The Hall–Kier alpha value is -1.66. The van der Waals surface area contributed by atoms with Crippen molar-refractivity contribution in [2.75, 3.05) is 18.1 Å². The lowest BCUT2D eigenvalue weighted by Gasteiger charge is -2.35. The van der Waals surface area contributed by atoms with Crippen LogP contribution in [0.2, 0.25) is 0 Å². The van der Waals surface area contributed by atoms with Crippen LogP contribution in [0.3, 0.4) is 0 Å². The molecule has 1 aromatic heterocycles. The zero-order chi connectivity index (χ0) is 14.9. The van der Waals surface area contributed by atoms with Crippen LogP contribution in [0.15, 0.2) is 36.5 Å². The molecule has 1 unspecified atom stereocenters. The van der Waals surface area contributed by atoms with E-state index in [0.717, 1.165) is 16.8 Å². The van der Waals surface area contributed by atoms with E-state index in [-0.39, 0.29) is 17.5 Å². The van der Waals surface area contributed by atoms with Crippen LogP contribution >= 0.6 is 0 Å². The number of rotatable bonds is 3. The fraction of sp³-hybridized carbons (Fsp3) is 0.400. The predicted molar refractivity (Wildman–Crippen MR) is 81.6 cm³/mol.